The molecule has 0 aliphatic heterocycles. The van der Waals surface area contributed by atoms with E-state index in [1.165, 1.54) is 11.1 Å². The van der Waals surface area contributed by atoms with Gasteiger partial charge in [-0.3, -0.25) is 0 Å². The van der Waals surface area contributed by atoms with Gasteiger partial charge in [0.15, 0.2) is 6.61 Å². The molecule has 1 aromatic heterocycles. The minimum atomic E-state index is 0.267. The molecule has 3 aromatic rings. The molecule has 0 atom stereocenters. The van der Waals surface area contributed by atoms with Crippen LogP contribution in [0.2, 0.25) is 0 Å². The summed E-state index contributed by atoms with van der Waals surface area (Å²) in [6.45, 7) is 6.41. The lowest BCUT2D eigenvalue weighted by molar-refractivity contribution is 0.263. The SMILES string of the molecule is Cc1ccc(-c2nnc(COc3cccc(C)c3C)o2)cc1. The number of benzene rings is 2. The Morgan fingerprint density at radius 1 is 0.955 bits per heavy atom. The number of nitrogens with zero attached hydrogens (tertiary/aromatic N) is 2. The summed E-state index contributed by atoms with van der Waals surface area (Å²) in [6, 6.07) is 14.0. The molecular weight excluding hydrogens is 276 g/mol. The van der Waals surface area contributed by atoms with E-state index < -0.39 is 0 Å². The van der Waals surface area contributed by atoms with Gasteiger partial charge in [-0.05, 0) is 50.1 Å². The first kappa shape index (κ1) is 14.3. The van der Waals surface area contributed by atoms with Gasteiger partial charge in [0.1, 0.15) is 5.75 Å². The Kier molecular flexibility index (Phi) is 3.92. The highest BCUT2D eigenvalue weighted by Crippen LogP contribution is 2.22. The Balaban J connectivity index is 1.72. The zero-order chi connectivity index (χ0) is 15.5. The maximum absolute atomic E-state index is 5.78. The van der Waals surface area contributed by atoms with E-state index in [2.05, 4.69) is 23.2 Å². The molecule has 0 bridgehead atoms. The molecule has 4 heteroatoms. The molecule has 2 aromatic carbocycles. The molecule has 0 N–H and O–H groups in total. The van der Waals surface area contributed by atoms with Gasteiger partial charge in [-0.2, -0.15) is 0 Å². The number of ether oxygens (including phenoxy) is 1. The van der Waals surface area contributed by atoms with E-state index in [1.807, 2.05) is 50.2 Å². The summed E-state index contributed by atoms with van der Waals surface area (Å²) >= 11 is 0. The predicted molar refractivity (Wildman–Crippen MR) is 84.7 cm³/mol. The second-order valence-electron chi connectivity index (χ2n) is 5.35. The van der Waals surface area contributed by atoms with Crippen LogP contribution in [0.5, 0.6) is 5.75 Å². The van der Waals surface area contributed by atoms with Crippen LogP contribution in [0.25, 0.3) is 11.5 Å². The molecule has 22 heavy (non-hydrogen) atoms. The van der Waals surface area contributed by atoms with Gasteiger partial charge < -0.3 is 9.15 Å². The lowest BCUT2D eigenvalue weighted by Crippen LogP contribution is -1.98. The summed E-state index contributed by atoms with van der Waals surface area (Å²) in [5.41, 5.74) is 4.43. The van der Waals surface area contributed by atoms with E-state index in [1.54, 1.807) is 0 Å². The topological polar surface area (TPSA) is 48.2 Å². The number of rotatable bonds is 4. The van der Waals surface area contributed by atoms with E-state index in [0.717, 1.165) is 16.9 Å². The average molecular weight is 294 g/mol. The molecule has 0 fully saturated rings. The molecule has 3 rings (SSSR count). The van der Waals surface area contributed by atoms with Crippen LogP contribution in [-0.4, -0.2) is 10.2 Å². The summed E-state index contributed by atoms with van der Waals surface area (Å²) in [6.07, 6.45) is 0. The zero-order valence-corrected chi connectivity index (χ0v) is 13.0. The van der Waals surface area contributed by atoms with Gasteiger partial charge in [0.2, 0.25) is 5.89 Å². The Bertz CT molecular complexity index is 776. The van der Waals surface area contributed by atoms with Crippen molar-refractivity contribution in [3.63, 3.8) is 0 Å². The number of hydrogen-bond donors (Lipinski definition) is 0. The van der Waals surface area contributed by atoms with Gasteiger partial charge in [0.05, 0.1) is 0 Å². The molecule has 0 radical (unpaired) electrons. The van der Waals surface area contributed by atoms with E-state index >= 15 is 0 Å². The van der Waals surface area contributed by atoms with Crippen molar-refractivity contribution in [1.82, 2.24) is 10.2 Å². The molecule has 1 heterocycles. The van der Waals surface area contributed by atoms with E-state index in [-0.39, 0.29) is 6.61 Å². The molecule has 4 nitrogen and oxygen atoms in total. The fourth-order valence-electron chi connectivity index (χ4n) is 2.14. The lowest BCUT2D eigenvalue weighted by Gasteiger charge is -2.08. The van der Waals surface area contributed by atoms with Crippen LogP contribution in [0.15, 0.2) is 46.9 Å². The highest BCUT2D eigenvalue weighted by molar-refractivity contribution is 5.52. The number of aryl methyl sites for hydroxylation is 2. The molecule has 0 amide bonds. The maximum Gasteiger partial charge on any atom is 0.254 e. The lowest BCUT2D eigenvalue weighted by atomic mass is 10.1. The summed E-state index contributed by atoms with van der Waals surface area (Å²) < 4.78 is 11.4. The Labute approximate surface area is 129 Å². The van der Waals surface area contributed by atoms with Crippen LogP contribution in [0.4, 0.5) is 0 Å². The maximum atomic E-state index is 5.78. The normalized spacial score (nSPS) is 10.7. The fraction of sp³-hybridized carbons (Fsp3) is 0.222. The third-order valence-corrected chi connectivity index (χ3v) is 3.67. The van der Waals surface area contributed by atoms with Gasteiger partial charge in [-0.25, -0.2) is 0 Å². The smallest absolute Gasteiger partial charge is 0.254 e. The summed E-state index contributed by atoms with van der Waals surface area (Å²) in [5, 5.41) is 8.11. The van der Waals surface area contributed by atoms with Gasteiger partial charge in [-0.15, -0.1) is 10.2 Å². The Hall–Kier alpha value is -2.62. The van der Waals surface area contributed by atoms with Crippen molar-refractivity contribution in [2.75, 3.05) is 0 Å². The zero-order valence-electron chi connectivity index (χ0n) is 13.0. The monoisotopic (exact) mass is 294 g/mol. The third kappa shape index (κ3) is 3.01. The number of aromatic nitrogens is 2. The van der Waals surface area contributed by atoms with Crippen LogP contribution < -0.4 is 4.74 Å². The predicted octanol–water partition coefficient (Wildman–Crippen LogP) is 4.24. The first-order valence-electron chi connectivity index (χ1n) is 7.22. The molecule has 0 spiro atoms. The van der Waals surface area contributed by atoms with Crippen molar-refractivity contribution in [3.8, 4) is 17.2 Å². The summed E-state index contributed by atoms with van der Waals surface area (Å²) in [7, 11) is 0. The van der Waals surface area contributed by atoms with Gasteiger partial charge in [0.25, 0.3) is 5.89 Å². The van der Waals surface area contributed by atoms with Gasteiger partial charge in [-0.1, -0.05) is 29.8 Å². The summed E-state index contributed by atoms with van der Waals surface area (Å²) in [5.74, 6) is 1.83. The van der Waals surface area contributed by atoms with Crippen molar-refractivity contribution in [3.05, 3.63) is 65.0 Å². The van der Waals surface area contributed by atoms with E-state index in [9.17, 15) is 0 Å². The second kappa shape index (κ2) is 6.02. The highest BCUT2D eigenvalue weighted by atomic mass is 16.5. The van der Waals surface area contributed by atoms with E-state index in [4.69, 9.17) is 9.15 Å². The van der Waals surface area contributed by atoms with Crippen LogP contribution >= 0.6 is 0 Å². The fourth-order valence-corrected chi connectivity index (χ4v) is 2.14. The standard InChI is InChI=1S/C18H18N2O2/c1-12-7-9-15(10-8-12)18-20-19-17(22-18)11-21-16-6-4-5-13(2)14(16)3/h4-10H,11H2,1-3H3. The third-order valence-electron chi connectivity index (χ3n) is 3.67. The molecule has 0 unspecified atom stereocenters. The first-order chi connectivity index (χ1) is 10.6. The minimum Gasteiger partial charge on any atom is -0.484 e. The van der Waals surface area contributed by atoms with Crippen LogP contribution in [0, 0.1) is 20.8 Å². The van der Waals surface area contributed by atoms with Crippen molar-refractivity contribution < 1.29 is 9.15 Å². The van der Waals surface area contributed by atoms with Crippen molar-refractivity contribution >= 4 is 0 Å². The molecular formula is C18H18N2O2. The molecule has 0 aliphatic carbocycles. The van der Waals surface area contributed by atoms with Gasteiger partial charge in [0, 0.05) is 5.56 Å². The average Bonchev–Trinajstić information content (AvgIpc) is 2.98. The largest absolute Gasteiger partial charge is 0.484 e. The van der Waals surface area contributed by atoms with Crippen LogP contribution in [0.3, 0.4) is 0 Å². The van der Waals surface area contributed by atoms with E-state index in [0.29, 0.717) is 11.8 Å². The highest BCUT2D eigenvalue weighted by Gasteiger charge is 2.10. The molecule has 0 saturated carbocycles. The van der Waals surface area contributed by atoms with Gasteiger partial charge >= 0.3 is 0 Å². The molecule has 0 aliphatic rings. The van der Waals surface area contributed by atoms with Crippen molar-refractivity contribution in [2.45, 2.75) is 27.4 Å². The van der Waals surface area contributed by atoms with Crippen molar-refractivity contribution in [2.24, 2.45) is 0 Å². The Morgan fingerprint density at radius 3 is 2.50 bits per heavy atom. The Morgan fingerprint density at radius 2 is 1.73 bits per heavy atom. The molecule has 112 valence electrons. The quantitative estimate of drug-likeness (QED) is 0.722. The minimum absolute atomic E-state index is 0.267. The second-order valence-corrected chi connectivity index (χ2v) is 5.35. The first-order valence-corrected chi connectivity index (χ1v) is 7.22. The van der Waals surface area contributed by atoms with Crippen molar-refractivity contribution in [1.29, 1.82) is 0 Å². The molecule has 0 saturated heterocycles. The van der Waals surface area contributed by atoms with Crippen LogP contribution in [-0.2, 0) is 6.61 Å². The van der Waals surface area contributed by atoms with Crippen LogP contribution in [0.1, 0.15) is 22.6 Å². The number of hydrogen-bond acceptors (Lipinski definition) is 4. The summed E-state index contributed by atoms with van der Waals surface area (Å²) in [4.78, 5) is 0.